The van der Waals surface area contributed by atoms with Crippen LogP contribution in [0.1, 0.15) is 51.9 Å². The van der Waals surface area contributed by atoms with Crippen LogP contribution in [-0.4, -0.2) is 43.2 Å². The van der Waals surface area contributed by atoms with E-state index in [9.17, 15) is 4.79 Å². The van der Waals surface area contributed by atoms with Crippen molar-refractivity contribution in [2.75, 3.05) is 26.8 Å². The van der Waals surface area contributed by atoms with E-state index in [1.54, 1.807) is 0 Å². The normalized spacial score (nSPS) is 30.5. The van der Waals surface area contributed by atoms with E-state index in [0.29, 0.717) is 0 Å². The Kier molecular flexibility index (Phi) is 7.45. The highest BCUT2D eigenvalue weighted by atomic mass is 35.5. The molecule has 2 N–H and O–H groups in total. The van der Waals surface area contributed by atoms with E-state index in [1.807, 2.05) is 18.9 Å². The van der Waals surface area contributed by atoms with Crippen molar-refractivity contribution < 1.29 is 9.53 Å². The quantitative estimate of drug-likeness (QED) is 0.867. The summed E-state index contributed by atoms with van der Waals surface area (Å²) in [6, 6.07) is 0. The maximum Gasteiger partial charge on any atom is 0.227 e. The van der Waals surface area contributed by atoms with E-state index in [-0.39, 0.29) is 29.8 Å². The zero-order chi connectivity index (χ0) is 14.6. The molecule has 2 atom stereocenters. The summed E-state index contributed by atoms with van der Waals surface area (Å²) in [5.41, 5.74) is 6.02. The van der Waals surface area contributed by atoms with E-state index in [0.717, 1.165) is 70.6 Å². The number of hydrogen-bond donors (Lipinski definition) is 1. The third kappa shape index (κ3) is 5.11. The summed E-state index contributed by atoms with van der Waals surface area (Å²) in [7, 11) is 1.94. The topological polar surface area (TPSA) is 55.6 Å². The van der Waals surface area contributed by atoms with Gasteiger partial charge in [0.2, 0.25) is 5.91 Å². The number of halogens is 1. The van der Waals surface area contributed by atoms with Gasteiger partial charge in [-0.25, -0.2) is 0 Å². The van der Waals surface area contributed by atoms with Crippen LogP contribution >= 0.6 is 12.4 Å². The minimum Gasteiger partial charge on any atom is -0.381 e. The summed E-state index contributed by atoms with van der Waals surface area (Å²) in [6.07, 6.45) is 7.59. The fourth-order valence-corrected chi connectivity index (χ4v) is 3.55. The summed E-state index contributed by atoms with van der Waals surface area (Å²) in [5.74, 6) is 0.979. The third-order valence-electron chi connectivity index (χ3n) is 5.14. The first-order chi connectivity index (χ1) is 9.50. The van der Waals surface area contributed by atoms with Gasteiger partial charge in [0.05, 0.1) is 5.92 Å². The minimum absolute atomic E-state index is 0. The van der Waals surface area contributed by atoms with E-state index >= 15 is 0 Å². The fraction of sp³-hybridized carbons (Fsp3) is 0.938. The molecule has 1 aliphatic carbocycles. The average molecular weight is 319 g/mol. The zero-order valence-electron chi connectivity index (χ0n) is 13.5. The standard InChI is InChI=1S/C16H30N2O2.ClH/c1-16(17)9-4-3-5-14(16)15(19)18(2)10-6-13-7-11-20-12-8-13;/h13-14H,3-12,17H2,1-2H3;1H. The summed E-state index contributed by atoms with van der Waals surface area (Å²) >= 11 is 0. The van der Waals surface area contributed by atoms with Gasteiger partial charge in [0.25, 0.3) is 0 Å². The van der Waals surface area contributed by atoms with Gasteiger partial charge in [0.15, 0.2) is 0 Å². The smallest absolute Gasteiger partial charge is 0.227 e. The summed E-state index contributed by atoms with van der Waals surface area (Å²) in [6.45, 7) is 4.66. The molecular weight excluding hydrogens is 288 g/mol. The minimum atomic E-state index is -0.317. The molecule has 0 aromatic rings. The van der Waals surface area contributed by atoms with Crippen molar-refractivity contribution in [3.05, 3.63) is 0 Å². The molecule has 0 spiro atoms. The largest absolute Gasteiger partial charge is 0.381 e. The van der Waals surface area contributed by atoms with Crippen LogP contribution in [0.15, 0.2) is 0 Å². The second-order valence-electron chi connectivity index (χ2n) is 6.91. The molecule has 4 nitrogen and oxygen atoms in total. The SMILES string of the molecule is CN(CCC1CCOCC1)C(=O)C1CCCCC1(C)N.Cl. The van der Waals surface area contributed by atoms with E-state index < -0.39 is 0 Å². The van der Waals surface area contributed by atoms with E-state index in [4.69, 9.17) is 10.5 Å². The Morgan fingerprint density at radius 2 is 1.95 bits per heavy atom. The molecule has 1 saturated heterocycles. The van der Waals surface area contributed by atoms with Crippen molar-refractivity contribution in [2.24, 2.45) is 17.6 Å². The lowest BCUT2D eigenvalue weighted by molar-refractivity contribution is -0.137. The highest BCUT2D eigenvalue weighted by molar-refractivity contribution is 5.85. The first kappa shape index (κ1) is 18.7. The van der Waals surface area contributed by atoms with Gasteiger partial charge in [0.1, 0.15) is 0 Å². The number of amides is 1. The van der Waals surface area contributed by atoms with Crippen molar-refractivity contribution in [1.29, 1.82) is 0 Å². The molecule has 2 unspecified atom stereocenters. The van der Waals surface area contributed by atoms with Crippen LogP contribution in [0.25, 0.3) is 0 Å². The maximum absolute atomic E-state index is 12.6. The second kappa shape index (κ2) is 8.35. The summed E-state index contributed by atoms with van der Waals surface area (Å²) in [4.78, 5) is 14.5. The Labute approximate surface area is 135 Å². The number of nitrogens with two attached hydrogens (primary N) is 1. The first-order valence-electron chi connectivity index (χ1n) is 8.12. The van der Waals surface area contributed by atoms with Crippen LogP contribution in [0.2, 0.25) is 0 Å². The molecule has 5 heteroatoms. The molecule has 2 fully saturated rings. The first-order valence-corrected chi connectivity index (χ1v) is 8.12. The van der Waals surface area contributed by atoms with Crippen LogP contribution in [0.3, 0.4) is 0 Å². The summed E-state index contributed by atoms with van der Waals surface area (Å²) in [5, 5.41) is 0. The van der Waals surface area contributed by atoms with Gasteiger partial charge < -0.3 is 15.4 Å². The number of hydrogen-bond acceptors (Lipinski definition) is 3. The van der Waals surface area contributed by atoms with Crippen LogP contribution in [-0.2, 0) is 9.53 Å². The number of carbonyl (C=O) groups is 1. The maximum atomic E-state index is 12.6. The van der Waals surface area contributed by atoms with Crippen LogP contribution in [0, 0.1) is 11.8 Å². The number of carbonyl (C=O) groups excluding carboxylic acids is 1. The number of ether oxygens (including phenoxy) is 1. The predicted molar refractivity (Wildman–Crippen MR) is 87.6 cm³/mol. The van der Waals surface area contributed by atoms with Gasteiger partial charge in [-0.2, -0.15) is 0 Å². The Hall–Kier alpha value is -0.320. The molecule has 2 rings (SSSR count). The van der Waals surface area contributed by atoms with Crippen molar-refractivity contribution in [1.82, 2.24) is 4.90 Å². The molecule has 0 aromatic heterocycles. The van der Waals surface area contributed by atoms with Crippen molar-refractivity contribution in [3.63, 3.8) is 0 Å². The number of nitrogens with zero attached hydrogens (tertiary/aromatic N) is 1. The molecule has 21 heavy (non-hydrogen) atoms. The van der Waals surface area contributed by atoms with Crippen LogP contribution < -0.4 is 5.73 Å². The van der Waals surface area contributed by atoms with Crippen LogP contribution in [0.5, 0.6) is 0 Å². The average Bonchev–Trinajstić information content (AvgIpc) is 2.44. The van der Waals surface area contributed by atoms with Gasteiger partial charge in [0, 0.05) is 32.3 Å². The second-order valence-corrected chi connectivity index (χ2v) is 6.91. The molecule has 2 aliphatic rings. The Morgan fingerprint density at radius 3 is 2.57 bits per heavy atom. The molecule has 0 bridgehead atoms. The molecule has 0 aromatic carbocycles. The molecule has 1 saturated carbocycles. The van der Waals surface area contributed by atoms with Crippen molar-refractivity contribution in [2.45, 2.75) is 57.4 Å². The highest BCUT2D eigenvalue weighted by Crippen LogP contribution is 2.33. The van der Waals surface area contributed by atoms with E-state index in [2.05, 4.69) is 0 Å². The molecule has 1 amide bonds. The third-order valence-corrected chi connectivity index (χ3v) is 5.14. The lowest BCUT2D eigenvalue weighted by Gasteiger charge is -2.39. The Morgan fingerprint density at radius 1 is 1.29 bits per heavy atom. The fourth-order valence-electron chi connectivity index (χ4n) is 3.55. The van der Waals surface area contributed by atoms with Gasteiger partial charge >= 0.3 is 0 Å². The van der Waals surface area contributed by atoms with Gasteiger partial charge in [-0.05, 0) is 44.9 Å². The lowest BCUT2D eigenvalue weighted by Crippen LogP contribution is -2.53. The molecule has 124 valence electrons. The van der Waals surface area contributed by atoms with Gasteiger partial charge in [-0.1, -0.05) is 12.8 Å². The molecule has 0 radical (unpaired) electrons. The van der Waals surface area contributed by atoms with E-state index in [1.165, 1.54) is 0 Å². The lowest BCUT2D eigenvalue weighted by atomic mass is 9.74. The molecule has 1 aliphatic heterocycles. The monoisotopic (exact) mass is 318 g/mol. The number of rotatable bonds is 4. The summed E-state index contributed by atoms with van der Waals surface area (Å²) < 4.78 is 5.38. The predicted octanol–water partition coefficient (Wildman–Crippen LogP) is 2.59. The van der Waals surface area contributed by atoms with Gasteiger partial charge in [-0.3, -0.25) is 4.79 Å². The Bertz CT molecular complexity index is 330. The Balaban J connectivity index is 0.00000220. The van der Waals surface area contributed by atoms with Crippen molar-refractivity contribution in [3.8, 4) is 0 Å². The zero-order valence-corrected chi connectivity index (χ0v) is 14.3. The molecule has 1 heterocycles. The van der Waals surface area contributed by atoms with Crippen LogP contribution in [0.4, 0.5) is 0 Å². The highest BCUT2D eigenvalue weighted by Gasteiger charge is 2.39. The molecular formula is C16H31ClN2O2. The van der Waals surface area contributed by atoms with Crippen molar-refractivity contribution >= 4 is 18.3 Å². The van der Waals surface area contributed by atoms with Gasteiger partial charge in [-0.15, -0.1) is 12.4 Å².